The average Bonchev–Trinajstić information content (AvgIpc) is 2.45. The molecular formula is C14H28N2O3. The van der Waals surface area contributed by atoms with Crippen molar-refractivity contribution in [2.45, 2.75) is 32.1 Å². The number of carbonyl (C=O) groups is 1. The summed E-state index contributed by atoms with van der Waals surface area (Å²) < 4.78 is 10.1. The number of hydrogen-bond acceptors (Lipinski definition) is 4. The Morgan fingerprint density at radius 1 is 1.26 bits per heavy atom. The Morgan fingerprint density at radius 2 is 2.05 bits per heavy atom. The van der Waals surface area contributed by atoms with Gasteiger partial charge in [-0.15, -0.1) is 0 Å². The van der Waals surface area contributed by atoms with Gasteiger partial charge in [0.05, 0.1) is 19.8 Å². The molecule has 1 fully saturated rings. The zero-order valence-corrected chi connectivity index (χ0v) is 12.0. The fourth-order valence-corrected chi connectivity index (χ4v) is 2.56. The van der Waals surface area contributed by atoms with Gasteiger partial charge in [0, 0.05) is 20.1 Å². The van der Waals surface area contributed by atoms with Crippen LogP contribution in [-0.4, -0.2) is 45.9 Å². The maximum absolute atomic E-state index is 11.6. The molecule has 1 aliphatic carbocycles. The molecule has 0 radical (unpaired) electrons. The number of amides is 1. The van der Waals surface area contributed by atoms with E-state index in [0.717, 1.165) is 19.5 Å². The number of hydrogen-bond donors (Lipinski definition) is 2. The Labute approximate surface area is 116 Å². The summed E-state index contributed by atoms with van der Waals surface area (Å²) >= 11 is 0. The molecule has 112 valence electrons. The fourth-order valence-electron chi connectivity index (χ4n) is 2.56. The van der Waals surface area contributed by atoms with Crippen LogP contribution in [-0.2, 0) is 14.3 Å². The first-order valence-electron chi connectivity index (χ1n) is 7.29. The van der Waals surface area contributed by atoms with Crippen molar-refractivity contribution in [1.82, 2.24) is 5.32 Å². The molecule has 0 aromatic rings. The molecule has 5 nitrogen and oxygen atoms in total. The summed E-state index contributed by atoms with van der Waals surface area (Å²) in [5, 5.41) is 3.00. The molecule has 19 heavy (non-hydrogen) atoms. The largest absolute Gasteiger partial charge is 0.382 e. The van der Waals surface area contributed by atoms with Gasteiger partial charge in [-0.25, -0.2) is 0 Å². The maximum atomic E-state index is 11.6. The van der Waals surface area contributed by atoms with Gasteiger partial charge < -0.3 is 20.5 Å². The predicted molar refractivity (Wildman–Crippen MR) is 74.8 cm³/mol. The summed E-state index contributed by atoms with van der Waals surface area (Å²) in [7, 11) is 1.63. The molecule has 0 bridgehead atoms. The lowest BCUT2D eigenvalue weighted by atomic mass is 9.81. The molecule has 0 heterocycles. The number of nitrogens with two attached hydrogens (primary N) is 1. The van der Waals surface area contributed by atoms with E-state index >= 15 is 0 Å². The van der Waals surface area contributed by atoms with Gasteiger partial charge in [-0.1, -0.05) is 6.42 Å². The standard InChI is InChI=1S/C14H28N2O3/c1-18-7-8-19-6-5-14(17)16-11-13-4-2-3-12(9-13)10-15/h12-13H,2-11,15H2,1H3,(H,16,17). The fraction of sp³-hybridized carbons (Fsp3) is 0.929. The highest BCUT2D eigenvalue weighted by molar-refractivity contribution is 5.75. The molecule has 0 aromatic carbocycles. The third kappa shape index (κ3) is 7.50. The zero-order valence-electron chi connectivity index (χ0n) is 12.0. The highest BCUT2D eigenvalue weighted by Crippen LogP contribution is 2.27. The summed E-state index contributed by atoms with van der Waals surface area (Å²) in [6, 6.07) is 0. The van der Waals surface area contributed by atoms with Crippen LogP contribution < -0.4 is 11.1 Å². The van der Waals surface area contributed by atoms with Gasteiger partial charge in [-0.05, 0) is 37.6 Å². The normalized spacial score (nSPS) is 23.3. The highest BCUT2D eigenvalue weighted by Gasteiger charge is 2.21. The molecule has 2 atom stereocenters. The van der Waals surface area contributed by atoms with Crippen molar-refractivity contribution in [3.05, 3.63) is 0 Å². The Kier molecular flexibility index (Phi) is 8.79. The van der Waals surface area contributed by atoms with Crippen molar-refractivity contribution in [3.63, 3.8) is 0 Å². The summed E-state index contributed by atoms with van der Waals surface area (Å²) in [6.07, 6.45) is 5.27. The predicted octanol–water partition coefficient (Wildman–Crippen LogP) is 0.921. The SMILES string of the molecule is COCCOCCC(=O)NCC1CCCC(CN)C1. The van der Waals surface area contributed by atoms with Gasteiger partial charge >= 0.3 is 0 Å². The third-order valence-electron chi connectivity index (χ3n) is 3.72. The molecule has 1 saturated carbocycles. The first-order chi connectivity index (χ1) is 9.26. The van der Waals surface area contributed by atoms with E-state index in [4.69, 9.17) is 15.2 Å². The first-order valence-corrected chi connectivity index (χ1v) is 7.29. The Bertz CT molecular complexity index is 249. The minimum atomic E-state index is 0.0762. The molecule has 0 spiro atoms. The van der Waals surface area contributed by atoms with Crippen LogP contribution in [0.1, 0.15) is 32.1 Å². The molecule has 1 amide bonds. The lowest BCUT2D eigenvalue weighted by Crippen LogP contribution is -2.33. The van der Waals surface area contributed by atoms with Crippen molar-refractivity contribution in [2.24, 2.45) is 17.6 Å². The van der Waals surface area contributed by atoms with Crippen molar-refractivity contribution >= 4 is 5.91 Å². The quantitative estimate of drug-likeness (QED) is 0.612. The molecule has 0 aliphatic heterocycles. The van der Waals surface area contributed by atoms with E-state index in [1.807, 2.05) is 0 Å². The van der Waals surface area contributed by atoms with Crippen LogP contribution in [0.2, 0.25) is 0 Å². The van der Waals surface area contributed by atoms with E-state index < -0.39 is 0 Å². The number of ether oxygens (including phenoxy) is 2. The van der Waals surface area contributed by atoms with Gasteiger partial charge in [0.2, 0.25) is 5.91 Å². The van der Waals surface area contributed by atoms with Crippen LogP contribution in [0.4, 0.5) is 0 Å². The van der Waals surface area contributed by atoms with E-state index in [9.17, 15) is 4.79 Å². The van der Waals surface area contributed by atoms with E-state index in [-0.39, 0.29) is 5.91 Å². The van der Waals surface area contributed by atoms with Gasteiger partial charge in [0.1, 0.15) is 0 Å². The Morgan fingerprint density at radius 3 is 2.79 bits per heavy atom. The molecule has 0 aromatic heterocycles. The average molecular weight is 272 g/mol. The summed E-state index contributed by atoms with van der Waals surface area (Å²) in [6.45, 7) is 3.14. The summed E-state index contributed by atoms with van der Waals surface area (Å²) in [5.74, 6) is 1.32. The smallest absolute Gasteiger partial charge is 0.222 e. The van der Waals surface area contributed by atoms with E-state index in [1.165, 1.54) is 19.3 Å². The monoisotopic (exact) mass is 272 g/mol. The third-order valence-corrected chi connectivity index (χ3v) is 3.72. The van der Waals surface area contributed by atoms with Crippen LogP contribution >= 0.6 is 0 Å². The van der Waals surface area contributed by atoms with Crippen molar-refractivity contribution in [3.8, 4) is 0 Å². The second kappa shape index (κ2) is 10.2. The van der Waals surface area contributed by atoms with Crippen molar-refractivity contribution in [2.75, 3.05) is 40.0 Å². The molecular weight excluding hydrogens is 244 g/mol. The lowest BCUT2D eigenvalue weighted by molar-refractivity contribution is -0.122. The minimum absolute atomic E-state index is 0.0762. The second-order valence-corrected chi connectivity index (χ2v) is 5.29. The molecule has 5 heteroatoms. The van der Waals surface area contributed by atoms with E-state index in [1.54, 1.807) is 7.11 Å². The summed E-state index contributed by atoms with van der Waals surface area (Å²) in [5.41, 5.74) is 5.71. The zero-order chi connectivity index (χ0) is 13.9. The highest BCUT2D eigenvalue weighted by atomic mass is 16.5. The molecule has 1 aliphatic rings. The number of nitrogens with one attached hydrogen (secondary N) is 1. The Hall–Kier alpha value is -0.650. The lowest BCUT2D eigenvalue weighted by Gasteiger charge is -2.28. The molecule has 1 rings (SSSR count). The van der Waals surface area contributed by atoms with Crippen LogP contribution in [0.5, 0.6) is 0 Å². The van der Waals surface area contributed by atoms with Gasteiger partial charge in [0.25, 0.3) is 0 Å². The van der Waals surface area contributed by atoms with Crippen LogP contribution in [0.3, 0.4) is 0 Å². The summed E-state index contributed by atoms with van der Waals surface area (Å²) in [4.78, 5) is 11.6. The van der Waals surface area contributed by atoms with Gasteiger partial charge in [-0.2, -0.15) is 0 Å². The number of methoxy groups -OCH3 is 1. The van der Waals surface area contributed by atoms with Crippen molar-refractivity contribution < 1.29 is 14.3 Å². The van der Waals surface area contributed by atoms with Crippen molar-refractivity contribution in [1.29, 1.82) is 0 Å². The molecule has 0 saturated heterocycles. The minimum Gasteiger partial charge on any atom is -0.382 e. The number of rotatable bonds is 9. The van der Waals surface area contributed by atoms with Crippen LogP contribution in [0.25, 0.3) is 0 Å². The van der Waals surface area contributed by atoms with Crippen LogP contribution in [0, 0.1) is 11.8 Å². The van der Waals surface area contributed by atoms with Crippen LogP contribution in [0.15, 0.2) is 0 Å². The second-order valence-electron chi connectivity index (χ2n) is 5.29. The molecule has 3 N–H and O–H groups in total. The van der Waals surface area contributed by atoms with E-state index in [0.29, 0.717) is 38.1 Å². The van der Waals surface area contributed by atoms with Gasteiger partial charge in [-0.3, -0.25) is 4.79 Å². The topological polar surface area (TPSA) is 73.6 Å². The number of carbonyl (C=O) groups excluding carboxylic acids is 1. The Balaban J connectivity index is 2.02. The first kappa shape index (κ1) is 16.4. The van der Waals surface area contributed by atoms with E-state index in [2.05, 4.69) is 5.32 Å². The van der Waals surface area contributed by atoms with Gasteiger partial charge in [0.15, 0.2) is 0 Å². The maximum Gasteiger partial charge on any atom is 0.222 e. The molecule has 2 unspecified atom stereocenters.